The van der Waals surface area contributed by atoms with Crippen LogP contribution in [0, 0.1) is 0 Å². The smallest absolute Gasteiger partial charge is 0.261 e. The molecular weight excluding hydrogens is 364 g/mol. The van der Waals surface area contributed by atoms with Gasteiger partial charge in [0.05, 0.1) is 10.6 Å². The minimum Gasteiger partial charge on any atom is -0.325 e. The third kappa shape index (κ3) is 3.88. The van der Waals surface area contributed by atoms with Gasteiger partial charge in [-0.25, -0.2) is 8.42 Å². The van der Waals surface area contributed by atoms with Crippen LogP contribution in [0.5, 0.6) is 0 Å². The second-order valence-corrected chi connectivity index (χ2v) is 8.84. The van der Waals surface area contributed by atoms with Crippen molar-refractivity contribution in [1.29, 1.82) is 0 Å². The van der Waals surface area contributed by atoms with Gasteiger partial charge in [0.25, 0.3) is 10.0 Å². The summed E-state index contributed by atoms with van der Waals surface area (Å²) >= 11 is 3.08. The molecule has 0 saturated carbocycles. The average Bonchev–Trinajstić information content (AvgIpc) is 2.74. The van der Waals surface area contributed by atoms with Gasteiger partial charge in [-0.1, -0.05) is 6.07 Å². The van der Waals surface area contributed by atoms with E-state index in [1.165, 1.54) is 6.07 Å². The van der Waals surface area contributed by atoms with Crippen LogP contribution in [0.4, 0.5) is 11.4 Å². The number of sulfonamides is 1. The molecule has 126 valence electrons. The molecule has 24 heavy (non-hydrogen) atoms. The number of nitrogens with one attached hydrogen (secondary N) is 2. The van der Waals surface area contributed by atoms with E-state index in [1.54, 1.807) is 53.9 Å². The highest BCUT2D eigenvalue weighted by Gasteiger charge is 2.19. The number of rotatable bonds is 4. The number of anilines is 2. The highest BCUT2D eigenvalue weighted by molar-refractivity contribution is 7.99. The summed E-state index contributed by atoms with van der Waals surface area (Å²) in [5, 5.41) is 2.76. The summed E-state index contributed by atoms with van der Waals surface area (Å²) in [6, 6.07) is 12.0. The van der Waals surface area contributed by atoms with Crippen LogP contribution in [0.2, 0.25) is 0 Å². The molecule has 0 aromatic heterocycles. The number of benzene rings is 2. The summed E-state index contributed by atoms with van der Waals surface area (Å²) in [6.07, 6.45) is 2.35. The highest BCUT2D eigenvalue weighted by Crippen LogP contribution is 2.33. The molecular formula is C16H16N2O3S3. The predicted octanol–water partition coefficient (Wildman–Crippen LogP) is 3.64. The van der Waals surface area contributed by atoms with Crippen LogP contribution in [0.1, 0.15) is 6.42 Å². The number of hydrogen-bond acceptors (Lipinski definition) is 5. The molecule has 1 aliphatic rings. The molecule has 0 spiro atoms. The Labute approximate surface area is 149 Å². The van der Waals surface area contributed by atoms with Gasteiger partial charge < -0.3 is 5.32 Å². The zero-order valence-electron chi connectivity index (χ0n) is 12.9. The average molecular weight is 381 g/mol. The molecule has 0 bridgehead atoms. The highest BCUT2D eigenvalue weighted by atomic mass is 32.2. The van der Waals surface area contributed by atoms with E-state index in [4.69, 9.17) is 0 Å². The molecule has 1 aliphatic heterocycles. The summed E-state index contributed by atoms with van der Waals surface area (Å²) in [5.41, 5.74) is 1.05. The van der Waals surface area contributed by atoms with E-state index in [0.29, 0.717) is 23.5 Å². The van der Waals surface area contributed by atoms with Crippen LogP contribution >= 0.6 is 23.5 Å². The van der Waals surface area contributed by atoms with Gasteiger partial charge in [-0.05, 0) is 42.7 Å². The van der Waals surface area contributed by atoms with Crippen molar-refractivity contribution in [3.63, 3.8) is 0 Å². The Morgan fingerprint density at radius 1 is 1.21 bits per heavy atom. The second-order valence-electron chi connectivity index (χ2n) is 5.14. The number of carbonyl (C=O) groups is 1. The maximum atomic E-state index is 12.6. The molecule has 0 fully saturated rings. The van der Waals surface area contributed by atoms with E-state index in [-0.39, 0.29) is 10.8 Å². The Morgan fingerprint density at radius 3 is 2.83 bits per heavy atom. The van der Waals surface area contributed by atoms with E-state index in [1.807, 2.05) is 12.3 Å². The Morgan fingerprint density at radius 2 is 2.04 bits per heavy atom. The fourth-order valence-corrected chi connectivity index (χ4v) is 4.74. The lowest BCUT2D eigenvalue weighted by Gasteiger charge is -2.12. The first-order chi connectivity index (χ1) is 11.5. The molecule has 0 saturated heterocycles. The molecule has 2 aromatic carbocycles. The summed E-state index contributed by atoms with van der Waals surface area (Å²) < 4.78 is 27.8. The summed E-state index contributed by atoms with van der Waals surface area (Å²) in [5.74, 6) is 0.585. The van der Waals surface area contributed by atoms with Gasteiger partial charge in [0, 0.05) is 27.7 Å². The van der Waals surface area contributed by atoms with E-state index >= 15 is 0 Å². The number of hydrogen-bond donors (Lipinski definition) is 2. The van der Waals surface area contributed by atoms with E-state index in [0.717, 1.165) is 9.79 Å². The quantitative estimate of drug-likeness (QED) is 0.792. The molecule has 3 rings (SSSR count). The molecule has 0 radical (unpaired) electrons. The number of carbonyl (C=O) groups excluding carboxylic acids is 1. The lowest BCUT2D eigenvalue weighted by Crippen LogP contribution is -2.14. The van der Waals surface area contributed by atoms with Crippen LogP contribution in [0.25, 0.3) is 0 Å². The molecule has 8 heteroatoms. The van der Waals surface area contributed by atoms with Crippen molar-refractivity contribution in [1.82, 2.24) is 0 Å². The number of thioether (sulfide) groups is 2. The summed E-state index contributed by atoms with van der Waals surface area (Å²) in [6.45, 7) is 0. The fraction of sp³-hybridized carbons (Fsp3) is 0.188. The SMILES string of the molecule is CSc1cccc(NS(=O)(=O)c2ccc3c(c2)NC(=O)CCS3)c1. The summed E-state index contributed by atoms with van der Waals surface area (Å²) in [4.78, 5) is 13.7. The first kappa shape index (κ1) is 17.2. The first-order valence-corrected chi connectivity index (χ1v) is 10.9. The van der Waals surface area contributed by atoms with Crippen molar-refractivity contribution in [2.24, 2.45) is 0 Å². The number of fused-ring (bicyclic) bond motifs is 1. The van der Waals surface area contributed by atoms with Gasteiger partial charge in [0.15, 0.2) is 0 Å². The summed E-state index contributed by atoms with van der Waals surface area (Å²) in [7, 11) is -3.72. The van der Waals surface area contributed by atoms with Gasteiger partial charge in [-0.3, -0.25) is 9.52 Å². The molecule has 5 nitrogen and oxygen atoms in total. The largest absolute Gasteiger partial charge is 0.325 e. The van der Waals surface area contributed by atoms with Gasteiger partial charge in [0.2, 0.25) is 5.91 Å². The Hall–Kier alpha value is -1.64. The second kappa shape index (κ2) is 7.08. The van der Waals surface area contributed by atoms with E-state index in [2.05, 4.69) is 10.0 Å². The number of amides is 1. The van der Waals surface area contributed by atoms with Crippen LogP contribution < -0.4 is 10.0 Å². The third-order valence-corrected chi connectivity index (χ3v) is 6.62. The predicted molar refractivity (Wildman–Crippen MR) is 99.4 cm³/mol. The van der Waals surface area contributed by atoms with Crippen molar-refractivity contribution < 1.29 is 13.2 Å². The van der Waals surface area contributed by atoms with E-state index in [9.17, 15) is 13.2 Å². The van der Waals surface area contributed by atoms with Gasteiger partial charge in [0.1, 0.15) is 0 Å². The minimum atomic E-state index is -3.72. The van der Waals surface area contributed by atoms with Gasteiger partial charge in [-0.15, -0.1) is 23.5 Å². The van der Waals surface area contributed by atoms with Crippen molar-refractivity contribution in [3.8, 4) is 0 Å². The lowest BCUT2D eigenvalue weighted by atomic mass is 10.3. The zero-order valence-corrected chi connectivity index (χ0v) is 15.4. The molecule has 0 unspecified atom stereocenters. The van der Waals surface area contributed by atoms with E-state index < -0.39 is 10.0 Å². The van der Waals surface area contributed by atoms with Crippen LogP contribution in [0.3, 0.4) is 0 Å². The van der Waals surface area contributed by atoms with Crippen molar-refractivity contribution in [2.75, 3.05) is 22.0 Å². The normalized spacial score (nSPS) is 14.5. The van der Waals surface area contributed by atoms with Crippen LogP contribution in [-0.2, 0) is 14.8 Å². The Bertz CT molecular complexity index is 882. The van der Waals surface area contributed by atoms with Gasteiger partial charge >= 0.3 is 0 Å². The van der Waals surface area contributed by atoms with Crippen LogP contribution in [-0.4, -0.2) is 26.3 Å². The third-order valence-electron chi connectivity index (χ3n) is 3.44. The molecule has 2 N–H and O–H groups in total. The topological polar surface area (TPSA) is 75.3 Å². The van der Waals surface area contributed by atoms with Gasteiger partial charge in [-0.2, -0.15) is 0 Å². The molecule has 1 heterocycles. The lowest BCUT2D eigenvalue weighted by molar-refractivity contribution is -0.115. The zero-order chi connectivity index (χ0) is 17.2. The minimum absolute atomic E-state index is 0.101. The monoisotopic (exact) mass is 380 g/mol. The Balaban J connectivity index is 1.91. The molecule has 0 aliphatic carbocycles. The standard InChI is InChI=1S/C16H16N2O3S3/c1-22-12-4-2-3-11(9-12)18-24(20,21)13-5-6-15-14(10-13)17-16(19)7-8-23-15/h2-6,9-10,18H,7-8H2,1H3,(H,17,19). The van der Waals surface area contributed by atoms with Crippen LogP contribution in [0.15, 0.2) is 57.2 Å². The maximum absolute atomic E-state index is 12.6. The van der Waals surface area contributed by atoms with Crippen molar-refractivity contribution in [2.45, 2.75) is 21.1 Å². The van der Waals surface area contributed by atoms with Crippen molar-refractivity contribution in [3.05, 3.63) is 42.5 Å². The molecule has 1 amide bonds. The fourth-order valence-electron chi connectivity index (χ4n) is 2.27. The Kier molecular flexibility index (Phi) is 5.07. The molecule has 2 aromatic rings. The molecule has 0 atom stereocenters. The van der Waals surface area contributed by atoms with Crippen molar-refractivity contribution >= 4 is 50.8 Å². The maximum Gasteiger partial charge on any atom is 0.261 e. The first-order valence-electron chi connectivity index (χ1n) is 7.21.